The number of carbonyl (C=O) groups is 1. The molecule has 2 aromatic carbocycles. The number of hydrogen-bond acceptors (Lipinski definition) is 3. The van der Waals surface area contributed by atoms with Crippen molar-refractivity contribution in [3.8, 4) is 11.6 Å². The molecular weight excluding hydrogens is 675 g/mol. The third-order valence-electron chi connectivity index (χ3n) is 7.92. The lowest BCUT2D eigenvalue weighted by molar-refractivity contribution is -0.450. The van der Waals surface area contributed by atoms with Gasteiger partial charge in [-0.05, 0) is 17.9 Å². The van der Waals surface area contributed by atoms with Crippen LogP contribution in [0.1, 0.15) is 24.2 Å². The fourth-order valence-electron chi connectivity index (χ4n) is 5.57. The monoisotopic (exact) mass is 689 g/mol. The number of alkyl halides is 15. The Morgan fingerprint density at radius 2 is 1.24 bits per heavy atom. The number of hydrogen-bond donors (Lipinski definition) is 1. The summed E-state index contributed by atoms with van der Waals surface area (Å²) >= 11 is 0. The van der Waals surface area contributed by atoms with Gasteiger partial charge in [0.25, 0.3) is 0 Å². The summed E-state index contributed by atoms with van der Waals surface area (Å²) in [6.45, 7) is -1.19. The second-order valence-corrected chi connectivity index (χ2v) is 10.5. The number of imidazole rings is 1. The van der Waals surface area contributed by atoms with Gasteiger partial charge in [-0.15, -0.1) is 0 Å². The van der Waals surface area contributed by atoms with E-state index in [-0.39, 0.29) is 10.6 Å². The van der Waals surface area contributed by atoms with E-state index in [1.165, 1.54) is 24.3 Å². The van der Waals surface area contributed by atoms with Crippen molar-refractivity contribution in [2.45, 2.75) is 60.2 Å². The predicted molar refractivity (Wildman–Crippen MR) is 123 cm³/mol. The average Bonchev–Trinajstić information content (AvgIpc) is 3.62. The normalized spacial score (nSPS) is 19.7. The minimum Gasteiger partial charge on any atom is -0.493 e. The van der Waals surface area contributed by atoms with Crippen LogP contribution in [-0.4, -0.2) is 73.3 Å². The zero-order valence-electron chi connectivity index (χ0n) is 21.9. The van der Waals surface area contributed by atoms with Crippen LogP contribution >= 0.6 is 0 Å². The predicted octanol–water partition coefficient (Wildman–Crippen LogP) is 6.70. The SMILES string of the molecule is O=C(N1C[C@H]2CC1c1c(O)n(-c3cccc4ccccc34)c(=O)n12)C(F)(F)C(F)(F)C(F)(F)C(F)(F)C(F)(F)C(F)(F)C(F)(F)F. The molecule has 5 rings (SSSR count). The molecule has 1 saturated heterocycles. The summed E-state index contributed by atoms with van der Waals surface area (Å²) in [4.78, 5) is 25.4. The zero-order valence-corrected chi connectivity index (χ0v) is 21.9. The Labute approximate surface area is 244 Å². The van der Waals surface area contributed by atoms with E-state index in [9.17, 15) is 80.6 Å². The molecule has 6 nitrogen and oxygen atoms in total. The molecule has 2 aliphatic heterocycles. The first-order valence-electron chi connectivity index (χ1n) is 12.5. The highest BCUT2D eigenvalue weighted by molar-refractivity contribution is 5.90. The molecule has 0 spiro atoms. The van der Waals surface area contributed by atoms with Crippen LogP contribution in [0.15, 0.2) is 47.3 Å². The highest BCUT2D eigenvalue weighted by atomic mass is 19.4. The van der Waals surface area contributed by atoms with Gasteiger partial charge in [-0.1, -0.05) is 36.4 Å². The van der Waals surface area contributed by atoms with Crippen LogP contribution in [0.25, 0.3) is 16.5 Å². The fourth-order valence-corrected chi connectivity index (χ4v) is 5.57. The highest BCUT2D eigenvalue weighted by Crippen LogP contribution is 2.63. The molecule has 0 aliphatic carbocycles. The van der Waals surface area contributed by atoms with Crippen LogP contribution in [-0.2, 0) is 4.79 Å². The van der Waals surface area contributed by atoms with E-state index in [1.807, 2.05) is 0 Å². The van der Waals surface area contributed by atoms with E-state index in [2.05, 4.69) is 0 Å². The van der Waals surface area contributed by atoms with Gasteiger partial charge in [0.15, 0.2) is 0 Å². The number of halogens is 15. The van der Waals surface area contributed by atoms with Gasteiger partial charge in [-0.2, -0.15) is 65.9 Å². The maximum atomic E-state index is 14.8. The van der Waals surface area contributed by atoms with E-state index < -0.39 is 89.9 Å². The van der Waals surface area contributed by atoms with Crippen LogP contribution in [0, 0.1) is 0 Å². The van der Waals surface area contributed by atoms with E-state index >= 15 is 0 Å². The number of amides is 1. The number of fused-ring (bicyclic) bond motifs is 6. The molecule has 2 aliphatic rings. The Kier molecular flexibility index (Phi) is 6.87. The summed E-state index contributed by atoms with van der Waals surface area (Å²) in [5.41, 5.74) is -1.75. The molecule has 2 atom stereocenters. The number of nitrogens with zero attached hydrogens (tertiary/aromatic N) is 3. The molecule has 1 N–H and O–H groups in total. The zero-order chi connectivity index (χ0) is 34.8. The summed E-state index contributed by atoms with van der Waals surface area (Å²) < 4.78 is 206. The van der Waals surface area contributed by atoms with Crippen molar-refractivity contribution >= 4 is 16.7 Å². The average molecular weight is 689 g/mol. The highest BCUT2D eigenvalue weighted by Gasteiger charge is 2.94. The van der Waals surface area contributed by atoms with Gasteiger partial charge in [-0.25, -0.2) is 9.36 Å². The lowest BCUT2D eigenvalue weighted by Crippen LogP contribution is -2.74. The number of rotatable bonds is 7. The summed E-state index contributed by atoms with van der Waals surface area (Å²) in [6.07, 6.45) is -8.36. The fraction of sp³-hybridized carbons (Fsp3) is 0.440. The van der Waals surface area contributed by atoms with Gasteiger partial charge < -0.3 is 10.0 Å². The number of likely N-dealkylation sites (tertiary alicyclic amines) is 1. The van der Waals surface area contributed by atoms with Gasteiger partial charge >= 0.3 is 53.3 Å². The molecule has 1 unspecified atom stereocenters. The Morgan fingerprint density at radius 1 is 0.717 bits per heavy atom. The Bertz CT molecular complexity index is 1790. The third kappa shape index (κ3) is 3.88. The van der Waals surface area contributed by atoms with Crippen LogP contribution in [0.3, 0.4) is 0 Å². The molecule has 0 saturated carbocycles. The van der Waals surface area contributed by atoms with Gasteiger partial charge in [0.05, 0.1) is 17.8 Å². The van der Waals surface area contributed by atoms with Gasteiger partial charge in [0.1, 0.15) is 5.69 Å². The third-order valence-corrected chi connectivity index (χ3v) is 7.92. The summed E-state index contributed by atoms with van der Waals surface area (Å²) in [7, 11) is 0. The molecule has 3 heterocycles. The summed E-state index contributed by atoms with van der Waals surface area (Å²) in [5, 5.41) is 11.8. The van der Waals surface area contributed by atoms with Crippen molar-refractivity contribution < 1.29 is 75.8 Å². The molecule has 46 heavy (non-hydrogen) atoms. The molecule has 1 fully saturated rings. The quantitative estimate of drug-likeness (QED) is 0.281. The molecule has 252 valence electrons. The van der Waals surface area contributed by atoms with E-state index in [1.54, 1.807) is 18.2 Å². The maximum absolute atomic E-state index is 14.8. The van der Waals surface area contributed by atoms with Crippen LogP contribution < -0.4 is 5.69 Å². The lowest BCUT2D eigenvalue weighted by atomic mass is 9.90. The first-order valence-corrected chi connectivity index (χ1v) is 12.5. The van der Waals surface area contributed by atoms with Gasteiger partial charge in [0.2, 0.25) is 5.88 Å². The smallest absolute Gasteiger partial charge is 0.460 e. The number of aromatic nitrogens is 2. The Morgan fingerprint density at radius 3 is 1.83 bits per heavy atom. The van der Waals surface area contributed by atoms with Crippen molar-refractivity contribution in [1.82, 2.24) is 14.0 Å². The molecule has 1 amide bonds. The molecular formula is C25H14F15N3O3. The molecule has 3 aromatic rings. The lowest BCUT2D eigenvalue weighted by Gasteiger charge is -2.42. The largest absolute Gasteiger partial charge is 0.493 e. The number of benzene rings is 2. The molecule has 0 radical (unpaired) electrons. The minimum atomic E-state index is -8.54. The van der Waals surface area contributed by atoms with Gasteiger partial charge in [0, 0.05) is 11.9 Å². The first kappa shape index (κ1) is 33.3. The Hall–Kier alpha value is -4.07. The van der Waals surface area contributed by atoms with Crippen molar-refractivity contribution in [3.63, 3.8) is 0 Å². The second-order valence-electron chi connectivity index (χ2n) is 10.5. The number of carbonyl (C=O) groups excluding carboxylic acids is 1. The van der Waals surface area contributed by atoms with Crippen molar-refractivity contribution in [2.75, 3.05) is 6.54 Å². The molecule has 21 heteroatoms. The topological polar surface area (TPSA) is 67.5 Å². The van der Waals surface area contributed by atoms with Crippen molar-refractivity contribution in [2.24, 2.45) is 0 Å². The standard InChI is InChI=1S/C25H14F15N3O3/c26-19(27,20(28,29)21(30,31)22(32,33)23(34,35)24(36,37)25(38,39)40)17(45)41-9-11-8-14(41)15-16(44)43(18(46)42(11)15)13-7-3-5-10-4-1-2-6-12(10)13/h1-7,11,14,44H,8-9H2/t11-,14?/m1/s1. The van der Waals surface area contributed by atoms with Crippen LogP contribution in [0.4, 0.5) is 65.9 Å². The van der Waals surface area contributed by atoms with Crippen LogP contribution in [0.2, 0.25) is 0 Å². The minimum absolute atomic E-state index is 0.00454. The van der Waals surface area contributed by atoms with Crippen molar-refractivity contribution in [1.29, 1.82) is 0 Å². The summed E-state index contributed by atoms with van der Waals surface area (Å²) in [5.74, 6) is -53.2. The first-order chi connectivity index (χ1) is 20.8. The van der Waals surface area contributed by atoms with Crippen LogP contribution in [0.5, 0.6) is 5.88 Å². The van der Waals surface area contributed by atoms with Gasteiger partial charge in [-0.3, -0.25) is 9.36 Å². The maximum Gasteiger partial charge on any atom is 0.460 e. The molecule has 2 bridgehead atoms. The van der Waals surface area contributed by atoms with Crippen molar-refractivity contribution in [3.05, 3.63) is 58.6 Å². The Balaban J connectivity index is 1.53. The van der Waals surface area contributed by atoms with E-state index in [4.69, 9.17) is 0 Å². The van der Waals surface area contributed by atoms with E-state index in [0.717, 1.165) is 4.57 Å². The second kappa shape index (κ2) is 9.49. The summed E-state index contributed by atoms with van der Waals surface area (Å²) in [6, 6.07) is 7.15. The van der Waals surface area contributed by atoms with E-state index in [0.29, 0.717) is 15.3 Å². The number of aromatic hydroxyl groups is 1. The molecule has 1 aromatic heterocycles.